The number of carbonyl (C=O) groups excluding carboxylic acids is 1. The van der Waals surface area contributed by atoms with Crippen LogP contribution in [0.15, 0.2) is 48.5 Å². The molecule has 0 fully saturated rings. The van der Waals surface area contributed by atoms with Crippen LogP contribution >= 0.6 is 0 Å². The molecular weight excluding hydrogens is 434 g/mol. The van der Waals surface area contributed by atoms with Crippen LogP contribution in [0.2, 0.25) is 0 Å². The summed E-state index contributed by atoms with van der Waals surface area (Å²) >= 11 is 0. The van der Waals surface area contributed by atoms with Gasteiger partial charge in [0.05, 0.1) is 23.6 Å². The lowest BCUT2D eigenvalue weighted by molar-refractivity contribution is 0.0718. The van der Waals surface area contributed by atoms with Gasteiger partial charge in [0.2, 0.25) is 0 Å². The Morgan fingerprint density at radius 1 is 1.12 bits per heavy atom. The van der Waals surface area contributed by atoms with Crippen molar-refractivity contribution in [3.05, 3.63) is 82.7 Å². The van der Waals surface area contributed by atoms with Gasteiger partial charge >= 0.3 is 0 Å². The highest BCUT2D eigenvalue weighted by molar-refractivity contribution is 5.94. The van der Waals surface area contributed by atoms with Crippen LogP contribution in [0.5, 0.6) is 0 Å². The second kappa shape index (κ2) is 10.5. The molecule has 5 nitrogen and oxygen atoms in total. The van der Waals surface area contributed by atoms with Crippen LogP contribution in [0.4, 0.5) is 8.78 Å². The molecule has 180 valence electrons. The van der Waals surface area contributed by atoms with E-state index < -0.39 is 5.82 Å². The minimum absolute atomic E-state index is 0.209. The van der Waals surface area contributed by atoms with E-state index in [0.717, 1.165) is 55.1 Å². The number of rotatable bonds is 8. The van der Waals surface area contributed by atoms with Crippen LogP contribution in [0.1, 0.15) is 54.5 Å². The maximum absolute atomic E-state index is 13.8. The normalized spacial score (nSPS) is 13.8. The van der Waals surface area contributed by atoms with E-state index in [1.165, 1.54) is 24.3 Å². The van der Waals surface area contributed by atoms with Crippen molar-refractivity contribution in [2.75, 3.05) is 19.6 Å². The summed E-state index contributed by atoms with van der Waals surface area (Å²) in [6.45, 7) is 9.85. The van der Waals surface area contributed by atoms with Crippen molar-refractivity contribution in [1.82, 2.24) is 19.6 Å². The molecule has 0 bridgehead atoms. The Kier molecular flexibility index (Phi) is 7.41. The fourth-order valence-electron chi connectivity index (χ4n) is 4.62. The first kappa shape index (κ1) is 24.1. The highest BCUT2D eigenvalue weighted by Crippen LogP contribution is 2.27. The van der Waals surface area contributed by atoms with E-state index in [1.54, 1.807) is 29.2 Å². The Balaban J connectivity index is 1.72. The molecule has 7 heteroatoms. The number of amides is 1. The van der Waals surface area contributed by atoms with Gasteiger partial charge in [0.15, 0.2) is 0 Å². The van der Waals surface area contributed by atoms with E-state index in [9.17, 15) is 13.6 Å². The van der Waals surface area contributed by atoms with Crippen molar-refractivity contribution in [1.29, 1.82) is 0 Å². The van der Waals surface area contributed by atoms with Crippen LogP contribution in [-0.2, 0) is 19.5 Å². The largest absolute Gasteiger partial charge is 0.332 e. The number of benzene rings is 2. The first-order valence-electron chi connectivity index (χ1n) is 12.0. The van der Waals surface area contributed by atoms with E-state index in [0.29, 0.717) is 18.7 Å². The van der Waals surface area contributed by atoms with Gasteiger partial charge in [-0.05, 0) is 61.3 Å². The third kappa shape index (κ3) is 5.36. The van der Waals surface area contributed by atoms with Crippen LogP contribution in [0.3, 0.4) is 0 Å². The summed E-state index contributed by atoms with van der Waals surface area (Å²) in [7, 11) is 0. The van der Waals surface area contributed by atoms with E-state index >= 15 is 0 Å². The van der Waals surface area contributed by atoms with Gasteiger partial charge in [0.1, 0.15) is 11.6 Å². The van der Waals surface area contributed by atoms with E-state index in [4.69, 9.17) is 5.10 Å². The van der Waals surface area contributed by atoms with Crippen molar-refractivity contribution < 1.29 is 13.6 Å². The van der Waals surface area contributed by atoms with Gasteiger partial charge in [0.25, 0.3) is 5.91 Å². The number of aromatic nitrogens is 2. The van der Waals surface area contributed by atoms with Gasteiger partial charge in [-0.25, -0.2) is 13.5 Å². The summed E-state index contributed by atoms with van der Waals surface area (Å²) in [5, 5.41) is 4.93. The molecule has 1 amide bonds. The number of hydrogen-bond donors (Lipinski definition) is 0. The second-order valence-electron chi connectivity index (χ2n) is 9.38. The average molecular weight is 467 g/mol. The first-order chi connectivity index (χ1) is 16.4. The molecule has 0 atom stereocenters. The third-order valence-corrected chi connectivity index (χ3v) is 6.12. The van der Waals surface area contributed by atoms with Crippen molar-refractivity contribution in [3.63, 3.8) is 0 Å². The van der Waals surface area contributed by atoms with E-state index in [1.807, 2.05) is 4.68 Å². The van der Waals surface area contributed by atoms with Gasteiger partial charge in [0, 0.05) is 37.2 Å². The molecule has 1 aromatic heterocycles. The number of nitrogens with zero attached hydrogens (tertiary/aromatic N) is 4. The zero-order chi connectivity index (χ0) is 24.2. The summed E-state index contributed by atoms with van der Waals surface area (Å²) in [6.07, 6.45) is 1.90. The maximum Gasteiger partial charge on any atom is 0.254 e. The first-order valence-corrected chi connectivity index (χ1v) is 12.0. The molecule has 1 aliphatic heterocycles. The molecule has 34 heavy (non-hydrogen) atoms. The molecule has 0 saturated heterocycles. The third-order valence-electron chi connectivity index (χ3n) is 6.12. The smallest absolute Gasteiger partial charge is 0.254 e. The van der Waals surface area contributed by atoms with Crippen LogP contribution in [0, 0.1) is 17.6 Å². The molecule has 0 radical (unpaired) electrons. The summed E-state index contributed by atoms with van der Waals surface area (Å²) in [5.41, 5.74) is 4.21. The average Bonchev–Trinajstić information content (AvgIpc) is 3.16. The lowest BCUT2D eigenvalue weighted by Crippen LogP contribution is -2.35. The summed E-state index contributed by atoms with van der Waals surface area (Å²) < 4.78 is 29.3. The predicted octanol–water partition coefficient (Wildman–Crippen LogP) is 5.22. The zero-order valence-corrected chi connectivity index (χ0v) is 20.1. The van der Waals surface area contributed by atoms with Gasteiger partial charge in [-0.15, -0.1) is 0 Å². The minimum atomic E-state index is -0.427. The Labute approximate surface area is 200 Å². The highest BCUT2D eigenvalue weighted by Gasteiger charge is 2.28. The Hall–Kier alpha value is -3.06. The summed E-state index contributed by atoms with van der Waals surface area (Å²) in [5.74, 6) is -0.685. The van der Waals surface area contributed by atoms with Crippen LogP contribution < -0.4 is 0 Å². The van der Waals surface area contributed by atoms with Crippen LogP contribution in [0.25, 0.3) is 5.69 Å². The van der Waals surface area contributed by atoms with E-state index in [-0.39, 0.29) is 17.6 Å². The van der Waals surface area contributed by atoms with Gasteiger partial charge < -0.3 is 4.90 Å². The lowest BCUT2D eigenvalue weighted by atomic mass is 10.0. The molecule has 1 aliphatic rings. The zero-order valence-electron chi connectivity index (χ0n) is 20.1. The fourth-order valence-corrected chi connectivity index (χ4v) is 4.62. The molecule has 3 aromatic rings. The SMILES string of the molecule is CCCN1CCc2c(c(CN(CC(C)C)C(=O)c3cccc(F)c3)nn2-c2ccc(F)cc2)C1. The lowest BCUT2D eigenvalue weighted by Gasteiger charge is -2.28. The van der Waals surface area contributed by atoms with Crippen molar-refractivity contribution in [3.8, 4) is 5.69 Å². The molecule has 0 unspecified atom stereocenters. The van der Waals surface area contributed by atoms with Crippen molar-refractivity contribution >= 4 is 5.91 Å². The molecule has 2 aromatic carbocycles. The number of halogens is 2. The number of fused-ring (bicyclic) bond motifs is 1. The summed E-state index contributed by atoms with van der Waals surface area (Å²) in [4.78, 5) is 17.5. The van der Waals surface area contributed by atoms with Crippen molar-refractivity contribution in [2.45, 2.75) is 46.7 Å². The minimum Gasteiger partial charge on any atom is -0.332 e. The Bertz CT molecular complexity index is 1140. The summed E-state index contributed by atoms with van der Waals surface area (Å²) in [6, 6.07) is 12.2. The fraction of sp³-hybridized carbons (Fsp3) is 0.407. The number of carbonyl (C=O) groups is 1. The molecule has 4 rings (SSSR count). The molecular formula is C27H32F2N4O. The highest BCUT2D eigenvalue weighted by atomic mass is 19.1. The van der Waals surface area contributed by atoms with Crippen LogP contribution in [-0.4, -0.2) is 45.1 Å². The molecule has 2 heterocycles. The molecule has 0 N–H and O–H groups in total. The van der Waals surface area contributed by atoms with Gasteiger partial charge in [-0.1, -0.05) is 26.8 Å². The topological polar surface area (TPSA) is 41.4 Å². The quantitative estimate of drug-likeness (QED) is 0.457. The predicted molar refractivity (Wildman–Crippen MR) is 129 cm³/mol. The maximum atomic E-state index is 13.8. The van der Waals surface area contributed by atoms with E-state index in [2.05, 4.69) is 25.7 Å². The molecule has 0 spiro atoms. The second-order valence-corrected chi connectivity index (χ2v) is 9.38. The Morgan fingerprint density at radius 2 is 1.88 bits per heavy atom. The molecule has 0 aliphatic carbocycles. The standard InChI is InChI=1S/C27H32F2N4O/c1-4-13-31-14-12-26-24(17-31)25(30-33(26)23-10-8-21(28)9-11-23)18-32(16-19(2)3)27(34)20-6-5-7-22(29)15-20/h5-11,15,19H,4,12-14,16-18H2,1-3H3. The number of hydrogen-bond acceptors (Lipinski definition) is 3. The molecule has 0 saturated carbocycles. The van der Waals surface area contributed by atoms with Gasteiger partial charge in [-0.3, -0.25) is 9.69 Å². The Morgan fingerprint density at radius 3 is 2.56 bits per heavy atom. The van der Waals surface area contributed by atoms with Gasteiger partial charge in [-0.2, -0.15) is 5.10 Å². The monoisotopic (exact) mass is 466 g/mol. The van der Waals surface area contributed by atoms with Crippen molar-refractivity contribution in [2.24, 2.45) is 5.92 Å².